The monoisotopic (exact) mass is 515 g/mol. The fourth-order valence-electron chi connectivity index (χ4n) is 4.35. The number of benzene rings is 4. The highest BCUT2D eigenvalue weighted by Gasteiger charge is 2.25. The second-order valence-corrected chi connectivity index (χ2v) is 8.85. The number of fused-ring (bicyclic) bond motifs is 1. The summed E-state index contributed by atoms with van der Waals surface area (Å²) < 4.78 is 5.36. The zero-order valence-corrected chi connectivity index (χ0v) is 20.7. The standard InChI is InChI=1S/C31H21N3O5/c1-18(35)22-9-5-6-10-23(22)21-12-14-27-25(16-21)28(34-39-27)31(38)33-26-13-11-19(17-32)15-24(26)30(37)29(36)20-7-3-2-4-8-20/h2-16,29,36H,1H3,(H,33,38). The lowest BCUT2D eigenvalue weighted by Gasteiger charge is -2.14. The topological polar surface area (TPSA) is 133 Å². The molecule has 1 atom stereocenters. The summed E-state index contributed by atoms with van der Waals surface area (Å²) in [6.07, 6.45) is -1.49. The van der Waals surface area contributed by atoms with Crippen LogP contribution in [-0.4, -0.2) is 27.7 Å². The molecule has 0 aliphatic rings. The Morgan fingerprint density at radius 1 is 0.923 bits per heavy atom. The number of Topliss-reactive ketones (excluding diaryl/α,β-unsaturated/α-hetero) is 2. The van der Waals surface area contributed by atoms with E-state index in [0.29, 0.717) is 33.2 Å². The molecule has 0 aliphatic carbocycles. The summed E-state index contributed by atoms with van der Waals surface area (Å²) in [6.45, 7) is 1.49. The third-order valence-corrected chi connectivity index (χ3v) is 6.33. The lowest BCUT2D eigenvalue weighted by atomic mass is 9.96. The van der Waals surface area contributed by atoms with Gasteiger partial charge in [-0.1, -0.05) is 65.8 Å². The average molecular weight is 516 g/mol. The van der Waals surface area contributed by atoms with Crippen LogP contribution in [0.1, 0.15) is 55.4 Å². The predicted octanol–water partition coefficient (Wildman–Crippen LogP) is 5.74. The molecule has 4 aromatic carbocycles. The van der Waals surface area contributed by atoms with Gasteiger partial charge < -0.3 is 14.9 Å². The number of nitrogens with zero attached hydrogens (tertiary/aromatic N) is 2. The highest BCUT2D eigenvalue weighted by molar-refractivity contribution is 6.14. The molecule has 0 aliphatic heterocycles. The number of aromatic nitrogens is 1. The minimum atomic E-state index is -1.49. The Morgan fingerprint density at radius 2 is 1.67 bits per heavy atom. The number of nitrogens with one attached hydrogen (secondary N) is 1. The van der Waals surface area contributed by atoms with Gasteiger partial charge >= 0.3 is 0 Å². The molecule has 0 bridgehead atoms. The Balaban J connectivity index is 1.51. The zero-order chi connectivity index (χ0) is 27.5. The molecule has 0 spiro atoms. The number of anilines is 1. The molecule has 8 nitrogen and oxygen atoms in total. The van der Waals surface area contributed by atoms with Gasteiger partial charge in [-0.15, -0.1) is 0 Å². The van der Waals surface area contributed by atoms with E-state index in [2.05, 4.69) is 10.5 Å². The second-order valence-electron chi connectivity index (χ2n) is 8.85. The van der Waals surface area contributed by atoms with Crippen molar-refractivity contribution in [2.75, 3.05) is 5.32 Å². The van der Waals surface area contributed by atoms with E-state index in [1.165, 1.54) is 25.1 Å². The number of amides is 1. The quantitative estimate of drug-likeness (QED) is 0.264. The number of hydrogen-bond donors (Lipinski definition) is 2. The van der Waals surface area contributed by atoms with E-state index in [0.717, 1.165) is 0 Å². The lowest BCUT2D eigenvalue weighted by molar-refractivity contribution is 0.0748. The van der Waals surface area contributed by atoms with Gasteiger partial charge in [0.25, 0.3) is 5.91 Å². The first-order valence-corrected chi connectivity index (χ1v) is 12.0. The summed E-state index contributed by atoms with van der Waals surface area (Å²) in [7, 11) is 0. The van der Waals surface area contributed by atoms with Crippen LogP contribution in [0.3, 0.4) is 0 Å². The largest absolute Gasteiger partial charge is 0.380 e. The van der Waals surface area contributed by atoms with Crippen molar-refractivity contribution in [2.45, 2.75) is 13.0 Å². The fraction of sp³-hybridized carbons (Fsp3) is 0.0645. The first-order valence-electron chi connectivity index (χ1n) is 12.0. The van der Waals surface area contributed by atoms with Gasteiger partial charge in [-0.3, -0.25) is 14.4 Å². The van der Waals surface area contributed by atoms with Crippen LogP contribution in [-0.2, 0) is 0 Å². The number of carbonyl (C=O) groups excluding carboxylic acids is 3. The van der Waals surface area contributed by atoms with Gasteiger partial charge in [0, 0.05) is 11.1 Å². The van der Waals surface area contributed by atoms with E-state index in [1.807, 2.05) is 18.2 Å². The fourth-order valence-corrected chi connectivity index (χ4v) is 4.35. The zero-order valence-electron chi connectivity index (χ0n) is 20.7. The minimum Gasteiger partial charge on any atom is -0.380 e. The SMILES string of the molecule is CC(=O)c1ccccc1-c1ccc2onc(C(=O)Nc3ccc(C#N)cc3C(=O)C(O)c3ccccc3)c2c1. The Bertz CT molecular complexity index is 1780. The molecule has 8 heteroatoms. The minimum absolute atomic E-state index is 0.0253. The third-order valence-electron chi connectivity index (χ3n) is 6.33. The normalized spacial score (nSPS) is 11.5. The molecule has 39 heavy (non-hydrogen) atoms. The Labute approximate surface area is 223 Å². The molecule has 1 amide bonds. The van der Waals surface area contributed by atoms with Crippen LogP contribution in [0.4, 0.5) is 5.69 Å². The maximum atomic E-state index is 13.4. The van der Waals surface area contributed by atoms with Crippen LogP contribution in [0.5, 0.6) is 0 Å². The second kappa shape index (κ2) is 10.5. The van der Waals surface area contributed by atoms with Crippen molar-refractivity contribution < 1.29 is 24.0 Å². The molecule has 1 unspecified atom stereocenters. The van der Waals surface area contributed by atoms with Crippen LogP contribution in [0, 0.1) is 11.3 Å². The highest BCUT2D eigenvalue weighted by atomic mass is 16.5. The van der Waals surface area contributed by atoms with Gasteiger partial charge in [0.05, 0.1) is 22.7 Å². The number of aliphatic hydroxyl groups excluding tert-OH is 1. The smallest absolute Gasteiger partial charge is 0.278 e. The van der Waals surface area contributed by atoms with Crippen LogP contribution >= 0.6 is 0 Å². The lowest BCUT2D eigenvalue weighted by Crippen LogP contribution is -2.18. The maximum Gasteiger partial charge on any atom is 0.278 e. The molecule has 2 N–H and O–H groups in total. The van der Waals surface area contributed by atoms with Crippen molar-refractivity contribution in [1.29, 1.82) is 5.26 Å². The first-order chi connectivity index (χ1) is 18.9. The van der Waals surface area contributed by atoms with Crippen LogP contribution in [0.2, 0.25) is 0 Å². The third kappa shape index (κ3) is 4.94. The molecule has 0 fully saturated rings. The van der Waals surface area contributed by atoms with Crippen LogP contribution in [0.25, 0.3) is 22.1 Å². The molecule has 1 heterocycles. The van der Waals surface area contributed by atoms with Crippen molar-refractivity contribution in [3.63, 3.8) is 0 Å². The summed E-state index contributed by atoms with van der Waals surface area (Å²) in [5, 5.41) is 27.1. The number of hydrogen-bond acceptors (Lipinski definition) is 7. The van der Waals surface area contributed by atoms with Crippen LogP contribution < -0.4 is 5.32 Å². The summed E-state index contributed by atoms with van der Waals surface area (Å²) in [5.74, 6) is -1.43. The summed E-state index contributed by atoms with van der Waals surface area (Å²) >= 11 is 0. The Morgan fingerprint density at radius 3 is 2.41 bits per heavy atom. The van der Waals surface area contributed by atoms with E-state index >= 15 is 0 Å². The van der Waals surface area contributed by atoms with Gasteiger partial charge in [-0.05, 0) is 53.9 Å². The summed E-state index contributed by atoms with van der Waals surface area (Å²) in [4.78, 5) is 38.7. The van der Waals surface area contributed by atoms with Gasteiger partial charge in [-0.2, -0.15) is 5.26 Å². The van der Waals surface area contributed by atoms with Gasteiger partial charge in [0.15, 0.2) is 22.8 Å². The molecule has 0 radical (unpaired) electrons. The number of ketones is 2. The maximum absolute atomic E-state index is 13.4. The summed E-state index contributed by atoms with van der Waals surface area (Å²) in [6, 6.07) is 26.8. The molecular weight excluding hydrogens is 494 g/mol. The van der Waals surface area contributed by atoms with Gasteiger partial charge in [0.1, 0.15) is 6.10 Å². The van der Waals surface area contributed by atoms with E-state index in [4.69, 9.17) is 4.52 Å². The molecule has 0 saturated heterocycles. The predicted molar refractivity (Wildman–Crippen MR) is 144 cm³/mol. The summed E-state index contributed by atoms with van der Waals surface area (Å²) in [5.41, 5.74) is 2.92. The highest BCUT2D eigenvalue weighted by Crippen LogP contribution is 2.30. The first kappa shape index (κ1) is 25.3. The molecule has 0 saturated carbocycles. The van der Waals surface area contributed by atoms with E-state index in [9.17, 15) is 24.8 Å². The van der Waals surface area contributed by atoms with E-state index in [1.54, 1.807) is 60.7 Å². The number of rotatable bonds is 7. The van der Waals surface area contributed by atoms with Gasteiger partial charge in [0.2, 0.25) is 0 Å². The Hall–Kier alpha value is -5.39. The van der Waals surface area contributed by atoms with Crippen molar-refractivity contribution in [2.24, 2.45) is 0 Å². The van der Waals surface area contributed by atoms with Crippen molar-refractivity contribution in [3.05, 3.63) is 119 Å². The number of aliphatic hydroxyl groups is 1. The molecule has 5 rings (SSSR count). The molecular formula is C31H21N3O5. The number of nitriles is 1. The molecule has 190 valence electrons. The van der Waals surface area contributed by atoms with E-state index in [-0.39, 0.29) is 28.3 Å². The van der Waals surface area contributed by atoms with Crippen LogP contribution in [0.15, 0.2) is 95.5 Å². The van der Waals surface area contributed by atoms with Crippen molar-refractivity contribution >= 4 is 34.1 Å². The van der Waals surface area contributed by atoms with Crippen molar-refractivity contribution in [3.8, 4) is 17.2 Å². The molecule has 1 aromatic heterocycles. The van der Waals surface area contributed by atoms with Gasteiger partial charge in [-0.25, -0.2) is 0 Å². The van der Waals surface area contributed by atoms with E-state index < -0.39 is 17.8 Å². The average Bonchev–Trinajstić information content (AvgIpc) is 3.40. The Kier molecular flexibility index (Phi) is 6.83. The molecule has 5 aromatic rings. The van der Waals surface area contributed by atoms with Crippen molar-refractivity contribution in [1.82, 2.24) is 5.16 Å². The number of carbonyl (C=O) groups is 3.